The first-order chi connectivity index (χ1) is 6.25. The van der Waals surface area contributed by atoms with Gasteiger partial charge in [0.05, 0.1) is 11.7 Å². The van der Waals surface area contributed by atoms with Crippen molar-refractivity contribution >= 4 is 18.2 Å². The molecule has 0 aliphatic carbocycles. The number of nitrogens with zero attached hydrogens (tertiary/aromatic N) is 1. The molecular weight excluding hydrogens is 171 g/mol. The predicted molar refractivity (Wildman–Crippen MR) is 46.9 cm³/mol. The molecule has 1 aromatic heterocycles. The van der Waals surface area contributed by atoms with Crippen LogP contribution in [0.4, 0.5) is 0 Å². The van der Waals surface area contributed by atoms with Crippen LogP contribution in [-0.2, 0) is 0 Å². The van der Waals surface area contributed by atoms with E-state index in [-0.39, 0.29) is 0 Å². The van der Waals surface area contributed by atoms with Crippen molar-refractivity contribution in [3.8, 4) is 5.75 Å². The standard InChI is InChI=1S/C7H7BN2O3/c11-8(12)13-6-1-2-7-5(3-6)4-9-10-7/h1-4,11-12H,(H,9,10). The molecule has 0 unspecified atom stereocenters. The summed E-state index contributed by atoms with van der Waals surface area (Å²) in [5, 5.41) is 24.5. The number of aromatic nitrogens is 2. The third-order valence-electron chi connectivity index (χ3n) is 1.65. The molecule has 0 saturated heterocycles. The molecule has 3 N–H and O–H groups in total. The molecule has 0 spiro atoms. The van der Waals surface area contributed by atoms with Crippen molar-refractivity contribution in [1.29, 1.82) is 0 Å². The quantitative estimate of drug-likeness (QED) is 0.561. The second-order valence-electron chi connectivity index (χ2n) is 2.56. The van der Waals surface area contributed by atoms with E-state index >= 15 is 0 Å². The van der Waals surface area contributed by atoms with Gasteiger partial charge in [0, 0.05) is 5.39 Å². The third kappa shape index (κ3) is 1.63. The zero-order valence-electron chi connectivity index (χ0n) is 6.64. The topological polar surface area (TPSA) is 78.4 Å². The summed E-state index contributed by atoms with van der Waals surface area (Å²) >= 11 is 0. The first-order valence-electron chi connectivity index (χ1n) is 3.71. The first-order valence-corrected chi connectivity index (χ1v) is 3.71. The highest BCUT2D eigenvalue weighted by Crippen LogP contribution is 2.18. The van der Waals surface area contributed by atoms with Crippen molar-refractivity contribution in [2.45, 2.75) is 0 Å². The summed E-state index contributed by atoms with van der Waals surface area (Å²) in [4.78, 5) is 0. The number of nitrogens with one attached hydrogen (secondary N) is 1. The largest absolute Gasteiger partial charge is 0.707 e. The SMILES string of the molecule is OB(O)Oc1ccc2[nH]ncc2c1. The van der Waals surface area contributed by atoms with Crippen LogP contribution in [0.15, 0.2) is 24.4 Å². The highest BCUT2D eigenvalue weighted by molar-refractivity contribution is 6.33. The van der Waals surface area contributed by atoms with Gasteiger partial charge in [0.1, 0.15) is 5.75 Å². The summed E-state index contributed by atoms with van der Waals surface area (Å²) in [6.07, 6.45) is 1.63. The van der Waals surface area contributed by atoms with Gasteiger partial charge in [-0.2, -0.15) is 5.10 Å². The van der Waals surface area contributed by atoms with Crippen molar-refractivity contribution in [1.82, 2.24) is 10.2 Å². The molecule has 0 bridgehead atoms. The molecular formula is C7H7BN2O3. The fourth-order valence-corrected chi connectivity index (χ4v) is 1.12. The second-order valence-corrected chi connectivity index (χ2v) is 2.56. The van der Waals surface area contributed by atoms with E-state index in [9.17, 15) is 0 Å². The molecule has 2 rings (SSSR count). The number of fused-ring (bicyclic) bond motifs is 1. The smallest absolute Gasteiger partial charge is 0.512 e. The molecule has 2 aromatic rings. The lowest BCUT2D eigenvalue weighted by atomic mass is 10.2. The maximum Gasteiger partial charge on any atom is 0.707 e. The molecule has 1 heterocycles. The lowest BCUT2D eigenvalue weighted by Crippen LogP contribution is -2.20. The van der Waals surface area contributed by atoms with Gasteiger partial charge in [-0.25, -0.2) is 0 Å². The Morgan fingerprint density at radius 2 is 2.23 bits per heavy atom. The van der Waals surface area contributed by atoms with Gasteiger partial charge in [-0.3, -0.25) is 5.10 Å². The number of hydrogen-bond donors (Lipinski definition) is 3. The Hall–Kier alpha value is -1.53. The molecule has 5 nitrogen and oxygen atoms in total. The maximum absolute atomic E-state index is 8.54. The summed E-state index contributed by atoms with van der Waals surface area (Å²) in [7, 11) is -1.79. The van der Waals surface area contributed by atoms with Crippen molar-refractivity contribution in [2.75, 3.05) is 0 Å². The lowest BCUT2D eigenvalue weighted by Gasteiger charge is -2.03. The van der Waals surface area contributed by atoms with Gasteiger partial charge < -0.3 is 14.7 Å². The molecule has 0 saturated carbocycles. The van der Waals surface area contributed by atoms with E-state index in [0.717, 1.165) is 10.9 Å². The van der Waals surface area contributed by atoms with Crippen molar-refractivity contribution in [2.24, 2.45) is 0 Å². The van der Waals surface area contributed by atoms with Crippen LogP contribution in [0, 0.1) is 0 Å². The molecule has 0 atom stereocenters. The van der Waals surface area contributed by atoms with E-state index < -0.39 is 7.32 Å². The summed E-state index contributed by atoms with van der Waals surface area (Å²) in [5.41, 5.74) is 0.875. The minimum atomic E-state index is -1.79. The molecule has 13 heavy (non-hydrogen) atoms. The number of aromatic amines is 1. The molecule has 6 heteroatoms. The first kappa shape index (κ1) is 8.09. The summed E-state index contributed by atoms with van der Waals surface area (Å²) in [6.45, 7) is 0. The van der Waals surface area contributed by atoms with E-state index in [2.05, 4.69) is 14.9 Å². The van der Waals surface area contributed by atoms with Gasteiger partial charge in [0.2, 0.25) is 0 Å². The van der Waals surface area contributed by atoms with Gasteiger partial charge >= 0.3 is 7.32 Å². The lowest BCUT2D eigenvalue weighted by molar-refractivity contribution is 0.288. The van der Waals surface area contributed by atoms with Crippen molar-refractivity contribution in [3.05, 3.63) is 24.4 Å². The second kappa shape index (κ2) is 3.08. The number of benzene rings is 1. The minimum absolute atomic E-state index is 0.393. The van der Waals surface area contributed by atoms with Crippen LogP contribution in [0.5, 0.6) is 5.75 Å². The van der Waals surface area contributed by atoms with Crippen LogP contribution in [0.25, 0.3) is 10.9 Å². The minimum Gasteiger partial charge on any atom is -0.512 e. The molecule has 0 fully saturated rings. The molecule has 0 amide bonds. The molecule has 66 valence electrons. The highest BCUT2D eigenvalue weighted by atomic mass is 16.6. The fourth-order valence-electron chi connectivity index (χ4n) is 1.12. The number of rotatable bonds is 2. The van der Waals surface area contributed by atoms with E-state index in [4.69, 9.17) is 10.0 Å². The molecule has 0 aliphatic rings. The number of hydrogen-bond acceptors (Lipinski definition) is 4. The Balaban J connectivity index is 2.37. The van der Waals surface area contributed by atoms with Crippen LogP contribution >= 0.6 is 0 Å². The van der Waals surface area contributed by atoms with Crippen molar-refractivity contribution in [3.63, 3.8) is 0 Å². The van der Waals surface area contributed by atoms with Crippen LogP contribution < -0.4 is 4.65 Å². The highest BCUT2D eigenvalue weighted by Gasteiger charge is 2.11. The monoisotopic (exact) mass is 178 g/mol. The summed E-state index contributed by atoms with van der Waals surface area (Å²) in [6, 6.07) is 5.04. The van der Waals surface area contributed by atoms with Crippen LogP contribution in [0.2, 0.25) is 0 Å². The van der Waals surface area contributed by atoms with Gasteiger partial charge in [0.15, 0.2) is 0 Å². The van der Waals surface area contributed by atoms with Gasteiger partial charge in [-0.05, 0) is 18.2 Å². The van der Waals surface area contributed by atoms with E-state index in [0.29, 0.717) is 5.75 Å². The van der Waals surface area contributed by atoms with Gasteiger partial charge in [-0.1, -0.05) is 0 Å². The van der Waals surface area contributed by atoms with E-state index in [1.165, 1.54) is 0 Å². The number of H-pyrrole nitrogens is 1. The fraction of sp³-hybridized carbons (Fsp3) is 0. The molecule has 0 radical (unpaired) electrons. The maximum atomic E-state index is 8.54. The molecule has 1 aromatic carbocycles. The Labute approximate surface area is 74.1 Å². The molecule has 0 aliphatic heterocycles. The van der Waals surface area contributed by atoms with E-state index in [1.54, 1.807) is 24.4 Å². The zero-order valence-corrected chi connectivity index (χ0v) is 6.64. The average Bonchev–Trinajstić information content (AvgIpc) is 2.49. The Kier molecular flexibility index (Phi) is 1.92. The Bertz CT molecular complexity index is 415. The predicted octanol–water partition coefficient (Wildman–Crippen LogP) is -0.0888. The van der Waals surface area contributed by atoms with Crippen LogP contribution in [0.3, 0.4) is 0 Å². The summed E-state index contributed by atoms with van der Waals surface area (Å²) in [5.74, 6) is 0.393. The van der Waals surface area contributed by atoms with Crippen LogP contribution in [-0.4, -0.2) is 27.6 Å². The van der Waals surface area contributed by atoms with Gasteiger partial charge in [-0.15, -0.1) is 0 Å². The third-order valence-corrected chi connectivity index (χ3v) is 1.65. The van der Waals surface area contributed by atoms with Gasteiger partial charge in [0.25, 0.3) is 0 Å². The summed E-state index contributed by atoms with van der Waals surface area (Å²) < 4.78 is 4.66. The zero-order chi connectivity index (χ0) is 9.26. The Morgan fingerprint density at radius 3 is 3.00 bits per heavy atom. The van der Waals surface area contributed by atoms with Crippen LogP contribution in [0.1, 0.15) is 0 Å². The van der Waals surface area contributed by atoms with Crippen molar-refractivity contribution < 1.29 is 14.7 Å². The Morgan fingerprint density at radius 1 is 1.38 bits per heavy atom. The average molecular weight is 178 g/mol. The van der Waals surface area contributed by atoms with E-state index in [1.807, 2.05) is 0 Å². The normalized spacial score (nSPS) is 10.3.